The van der Waals surface area contributed by atoms with Crippen LogP contribution in [0.25, 0.3) is 16.6 Å². The number of aromatic nitrogens is 1. The maximum absolute atomic E-state index is 12.9. The van der Waals surface area contributed by atoms with Gasteiger partial charge < -0.3 is 20.5 Å². The number of fused-ring (bicyclic) bond motifs is 2. The normalized spacial score (nSPS) is 17.2. The standard InChI is InChI=1S/C28H29N3O6/c1-14-18(9-10-31-23(14)19(15-5-6-15)13-20(25(31)33)26(34)35)16-7-8-17-12-22(24(32)29-21(17)11-16)30-27(36)37-28(2,3)4/h7-11,13,15,22H,5-6,12H2,1-4H3,(H,29,32)(H,30,36)(H,34,35). The van der Waals surface area contributed by atoms with Gasteiger partial charge >= 0.3 is 12.1 Å². The quantitative estimate of drug-likeness (QED) is 0.489. The number of alkyl carbamates (subject to hydrolysis) is 1. The molecule has 2 aliphatic rings. The van der Waals surface area contributed by atoms with Gasteiger partial charge in [0.1, 0.15) is 17.2 Å². The molecule has 2 aromatic heterocycles. The lowest BCUT2D eigenvalue weighted by atomic mass is 9.92. The zero-order chi connectivity index (χ0) is 26.6. The predicted molar refractivity (Wildman–Crippen MR) is 138 cm³/mol. The second-order valence-electron chi connectivity index (χ2n) is 10.7. The van der Waals surface area contributed by atoms with Crippen LogP contribution in [-0.4, -0.2) is 39.1 Å². The van der Waals surface area contributed by atoms with Crippen molar-refractivity contribution in [1.29, 1.82) is 0 Å². The molecule has 9 heteroatoms. The predicted octanol–water partition coefficient (Wildman–Crippen LogP) is 4.24. The number of benzene rings is 1. The zero-order valence-corrected chi connectivity index (χ0v) is 21.2. The van der Waals surface area contributed by atoms with Gasteiger partial charge in [-0.3, -0.25) is 14.0 Å². The van der Waals surface area contributed by atoms with E-state index >= 15 is 0 Å². The average Bonchev–Trinajstić information content (AvgIpc) is 3.64. The molecule has 1 fully saturated rings. The highest BCUT2D eigenvalue weighted by Crippen LogP contribution is 2.43. The number of amides is 2. The van der Waals surface area contributed by atoms with E-state index in [9.17, 15) is 24.3 Å². The number of anilines is 1. The van der Waals surface area contributed by atoms with Crippen LogP contribution in [0.3, 0.4) is 0 Å². The van der Waals surface area contributed by atoms with Crippen molar-refractivity contribution in [2.75, 3.05) is 5.32 Å². The molecule has 0 spiro atoms. The summed E-state index contributed by atoms with van der Waals surface area (Å²) in [5.74, 6) is -1.32. The van der Waals surface area contributed by atoms with Gasteiger partial charge in [-0.05, 0) is 92.5 Å². The molecule has 1 aromatic carbocycles. The van der Waals surface area contributed by atoms with E-state index in [-0.39, 0.29) is 17.4 Å². The van der Waals surface area contributed by atoms with Gasteiger partial charge in [0, 0.05) is 18.3 Å². The summed E-state index contributed by atoms with van der Waals surface area (Å²) in [5.41, 5.74) is 4.31. The van der Waals surface area contributed by atoms with Crippen LogP contribution in [0.15, 0.2) is 41.3 Å². The van der Waals surface area contributed by atoms with Crippen molar-refractivity contribution in [3.63, 3.8) is 0 Å². The Labute approximate surface area is 213 Å². The van der Waals surface area contributed by atoms with Crippen LogP contribution in [0, 0.1) is 6.92 Å². The SMILES string of the molecule is Cc1c(-c2ccc3c(c2)NC(=O)C(NC(=O)OC(C)(C)C)C3)ccn2c(=O)c(C(=O)O)cc(C3CC3)c12. The van der Waals surface area contributed by atoms with Gasteiger partial charge in [-0.1, -0.05) is 12.1 Å². The number of nitrogens with one attached hydrogen (secondary N) is 2. The summed E-state index contributed by atoms with van der Waals surface area (Å²) in [4.78, 5) is 49.4. The Morgan fingerprint density at radius 3 is 2.51 bits per heavy atom. The van der Waals surface area contributed by atoms with Gasteiger partial charge in [0.05, 0.1) is 5.52 Å². The molecule has 3 N–H and O–H groups in total. The minimum atomic E-state index is -1.23. The van der Waals surface area contributed by atoms with E-state index in [1.54, 1.807) is 33.0 Å². The number of ether oxygens (including phenoxy) is 1. The Morgan fingerprint density at radius 2 is 1.86 bits per heavy atom. The number of carboxylic acid groups (broad SMARTS) is 1. The summed E-state index contributed by atoms with van der Waals surface area (Å²) >= 11 is 0. The fourth-order valence-electron chi connectivity index (χ4n) is 4.91. The molecule has 1 saturated carbocycles. The van der Waals surface area contributed by atoms with Gasteiger partial charge in [-0.25, -0.2) is 9.59 Å². The molecule has 2 amide bonds. The summed E-state index contributed by atoms with van der Waals surface area (Å²) in [6, 6.07) is 8.33. The van der Waals surface area contributed by atoms with Gasteiger partial charge in [-0.15, -0.1) is 0 Å². The van der Waals surface area contributed by atoms with Crippen LogP contribution in [0.4, 0.5) is 10.5 Å². The molecule has 3 heterocycles. The number of hydrogen-bond donors (Lipinski definition) is 3. The Morgan fingerprint density at radius 1 is 1.14 bits per heavy atom. The number of aromatic carboxylic acids is 1. The van der Waals surface area contributed by atoms with Crippen molar-refractivity contribution in [2.24, 2.45) is 0 Å². The number of nitrogens with zero attached hydrogens (tertiary/aromatic N) is 1. The van der Waals surface area contributed by atoms with Crippen LogP contribution in [0.2, 0.25) is 0 Å². The first-order chi connectivity index (χ1) is 17.4. The van der Waals surface area contributed by atoms with E-state index in [1.807, 2.05) is 25.1 Å². The fourth-order valence-corrected chi connectivity index (χ4v) is 4.91. The summed E-state index contributed by atoms with van der Waals surface area (Å²) in [5, 5.41) is 15.0. The Hall–Kier alpha value is -4.14. The smallest absolute Gasteiger partial charge is 0.408 e. The first kappa shape index (κ1) is 24.5. The molecule has 37 heavy (non-hydrogen) atoms. The molecule has 5 rings (SSSR count). The Kier molecular flexibility index (Phi) is 5.81. The number of carbonyl (C=O) groups is 3. The van der Waals surface area contributed by atoms with Crippen molar-refractivity contribution in [3.05, 3.63) is 69.1 Å². The average molecular weight is 504 g/mol. The van der Waals surface area contributed by atoms with Gasteiger partial charge in [0.25, 0.3) is 5.56 Å². The number of carbonyl (C=O) groups excluding carboxylic acids is 2. The van der Waals surface area contributed by atoms with Crippen LogP contribution in [-0.2, 0) is 16.0 Å². The van der Waals surface area contributed by atoms with Gasteiger partial charge in [0.15, 0.2) is 0 Å². The van der Waals surface area contributed by atoms with E-state index in [4.69, 9.17) is 4.74 Å². The second kappa shape index (κ2) is 8.76. The molecule has 1 aliphatic carbocycles. The molecule has 192 valence electrons. The van der Waals surface area contributed by atoms with Gasteiger partial charge in [-0.2, -0.15) is 0 Å². The highest BCUT2D eigenvalue weighted by atomic mass is 16.6. The number of pyridine rings is 2. The third-order valence-corrected chi connectivity index (χ3v) is 6.77. The maximum atomic E-state index is 12.9. The second-order valence-corrected chi connectivity index (χ2v) is 10.7. The highest BCUT2D eigenvalue weighted by Gasteiger charge is 2.31. The topological polar surface area (TPSA) is 126 Å². The lowest BCUT2D eigenvalue weighted by Gasteiger charge is -2.27. The zero-order valence-electron chi connectivity index (χ0n) is 21.2. The van der Waals surface area contributed by atoms with Crippen LogP contribution in [0.1, 0.15) is 66.6 Å². The van der Waals surface area contributed by atoms with Crippen LogP contribution >= 0.6 is 0 Å². The van der Waals surface area contributed by atoms with E-state index in [0.717, 1.165) is 46.2 Å². The van der Waals surface area contributed by atoms with Crippen molar-refractivity contribution in [1.82, 2.24) is 9.72 Å². The minimum absolute atomic E-state index is 0.224. The number of aryl methyl sites for hydroxylation is 1. The molecule has 1 atom stereocenters. The first-order valence-electron chi connectivity index (χ1n) is 12.3. The molecule has 0 radical (unpaired) electrons. The molecular formula is C28H29N3O6. The summed E-state index contributed by atoms with van der Waals surface area (Å²) in [6.07, 6.45) is 3.22. The fraction of sp³-hybridized carbons (Fsp3) is 0.357. The van der Waals surface area contributed by atoms with Crippen molar-refractivity contribution in [3.8, 4) is 11.1 Å². The third-order valence-electron chi connectivity index (χ3n) is 6.77. The van der Waals surface area contributed by atoms with Gasteiger partial charge in [0.2, 0.25) is 5.91 Å². The van der Waals surface area contributed by atoms with E-state index in [2.05, 4.69) is 10.6 Å². The lowest BCUT2D eigenvalue weighted by Crippen LogP contribution is -2.49. The number of rotatable bonds is 4. The first-order valence-corrected chi connectivity index (χ1v) is 12.3. The van der Waals surface area contributed by atoms with E-state index < -0.39 is 29.3 Å². The minimum Gasteiger partial charge on any atom is -0.477 e. The highest BCUT2D eigenvalue weighted by molar-refractivity contribution is 6.00. The number of carboxylic acids is 1. The molecule has 9 nitrogen and oxygen atoms in total. The summed E-state index contributed by atoms with van der Waals surface area (Å²) in [7, 11) is 0. The van der Waals surface area contributed by atoms with Crippen molar-refractivity contribution < 1.29 is 24.2 Å². The molecular weight excluding hydrogens is 474 g/mol. The molecule has 1 unspecified atom stereocenters. The van der Waals surface area contributed by atoms with Crippen LogP contribution < -0.4 is 16.2 Å². The van der Waals surface area contributed by atoms with E-state index in [0.29, 0.717) is 12.1 Å². The third kappa shape index (κ3) is 4.69. The van der Waals surface area contributed by atoms with Crippen molar-refractivity contribution >= 4 is 29.2 Å². The van der Waals surface area contributed by atoms with Crippen molar-refractivity contribution in [2.45, 2.75) is 64.5 Å². The molecule has 0 saturated heterocycles. The summed E-state index contributed by atoms with van der Waals surface area (Å²) in [6.45, 7) is 7.20. The summed E-state index contributed by atoms with van der Waals surface area (Å²) < 4.78 is 6.71. The maximum Gasteiger partial charge on any atom is 0.408 e. The van der Waals surface area contributed by atoms with Crippen LogP contribution in [0.5, 0.6) is 0 Å². The van der Waals surface area contributed by atoms with E-state index in [1.165, 1.54) is 10.5 Å². The monoisotopic (exact) mass is 503 g/mol. The largest absolute Gasteiger partial charge is 0.477 e. The molecule has 1 aliphatic heterocycles. The molecule has 3 aromatic rings. The number of hydrogen-bond acceptors (Lipinski definition) is 5. The molecule has 0 bridgehead atoms. The lowest BCUT2D eigenvalue weighted by molar-refractivity contribution is -0.118. The Balaban J connectivity index is 1.50. The Bertz CT molecular complexity index is 1530.